The molecule has 0 amide bonds. The second-order valence-electron chi connectivity index (χ2n) is 6.97. The van der Waals surface area contributed by atoms with Crippen LogP contribution in [0.3, 0.4) is 0 Å². The normalized spacial score (nSPS) is 10.9. The van der Waals surface area contributed by atoms with Crippen molar-refractivity contribution in [2.45, 2.75) is 0 Å². The van der Waals surface area contributed by atoms with Gasteiger partial charge < -0.3 is 13.9 Å². The SMILES string of the molecule is COc1ccc(-c2cc(=O)c3cc(OC(=O)/C=C/c4cccc([N+](=O)[O-])c4)ccc3o2)cc1. The first kappa shape index (κ1) is 21.5. The van der Waals surface area contributed by atoms with E-state index in [0.717, 1.165) is 11.6 Å². The molecule has 4 rings (SSSR count). The fourth-order valence-corrected chi connectivity index (χ4v) is 3.15. The molecular weight excluding hydrogens is 426 g/mol. The maximum absolute atomic E-state index is 12.6. The van der Waals surface area contributed by atoms with Crippen LogP contribution in [0.5, 0.6) is 11.5 Å². The van der Waals surface area contributed by atoms with E-state index >= 15 is 0 Å². The molecule has 33 heavy (non-hydrogen) atoms. The number of benzene rings is 3. The van der Waals surface area contributed by atoms with E-state index in [-0.39, 0.29) is 22.3 Å². The first-order valence-electron chi connectivity index (χ1n) is 9.79. The average molecular weight is 443 g/mol. The first-order chi connectivity index (χ1) is 15.9. The van der Waals surface area contributed by atoms with Crippen molar-refractivity contribution in [3.8, 4) is 22.8 Å². The molecule has 0 unspecified atom stereocenters. The van der Waals surface area contributed by atoms with Crippen LogP contribution >= 0.6 is 0 Å². The van der Waals surface area contributed by atoms with Gasteiger partial charge >= 0.3 is 5.97 Å². The lowest BCUT2D eigenvalue weighted by Crippen LogP contribution is -2.05. The van der Waals surface area contributed by atoms with Crippen molar-refractivity contribution in [2.24, 2.45) is 0 Å². The maximum atomic E-state index is 12.6. The van der Waals surface area contributed by atoms with Crippen LogP contribution < -0.4 is 14.9 Å². The Bertz CT molecular complexity index is 1440. The molecule has 0 bridgehead atoms. The van der Waals surface area contributed by atoms with Gasteiger partial charge in [-0.1, -0.05) is 12.1 Å². The van der Waals surface area contributed by atoms with E-state index < -0.39 is 10.9 Å². The number of esters is 1. The largest absolute Gasteiger partial charge is 0.497 e. The van der Waals surface area contributed by atoms with Crippen molar-refractivity contribution < 1.29 is 23.6 Å². The fraction of sp³-hybridized carbons (Fsp3) is 0.0400. The molecule has 164 valence electrons. The molecule has 8 heteroatoms. The van der Waals surface area contributed by atoms with Crippen molar-refractivity contribution in [1.29, 1.82) is 0 Å². The maximum Gasteiger partial charge on any atom is 0.336 e. The Hall–Kier alpha value is -4.72. The number of rotatable bonds is 6. The number of carbonyl (C=O) groups excluding carboxylic acids is 1. The Labute approximate surface area is 187 Å². The lowest BCUT2D eigenvalue weighted by Gasteiger charge is -2.06. The van der Waals surface area contributed by atoms with Gasteiger partial charge in [-0.2, -0.15) is 0 Å². The van der Waals surface area contributed by atoms with E-state index in [2.05, 4.69) is 0 Å². The Morgan fingerprint density at radius 1 is 1.00 bits per heavy atom. The molecule has 0 aliphatic rings. The van der Waals surface area contributed by atoms with Gasteiger partial charge in [-0.25, -0.2) is 4.79 Å². The highest BCUT2D eigenvalue weighted by Gasteiger charge is 2.10. The van der Waals surface area contributed by atoms with Crippen LogP contribution in [0.15, 0.2) is 88.1 Å². The van der Waals surface area contributed by atoms with Crippen LogP contribution in [0.4, 0.5) is 5.69 Å². The van der Waals surface area contributed by atoms with Crippen LogP contribution in [0.25, 0.3) is 28.4 Å². The molecule has 0 fully saturated rings. The number of hydrogen-bond acceptors (Lipinski definition) is 7. The Balaban J connectivity index is 1.53. The Morgan fingerprint density at radius 2 is 1.76 bits per heavy atom. The van der Waals surface area contributed by atoms with Gasteiger partial charge in [-0.3, -0.25) is 14.9 Å². The molecule has 0 N–H and O–H groups in total. The van der Waals surface area contributed by atoms with Crippen LogP contribution in [0.1, 0.15) is 5.56 Å². The molecule has 0 atom stereocenters. The smallest absolute Gasteiger partial charge is 0.336 e. The summed E-state index contributed by atoms with van der Waals surface area (Å²) in [5.41, 5.74) is 1.18. The van der Waals surface area contributed by atoms with Crippen LogP contribution in [0.2, 0.25) is 0 Å². The highest BCUT2D eigenvalue weighted by molar-refractivity contribution is 5.89. The van der Waals surface area contributed by atoms with E-state index in [4.69, 9.17) is 13.9 Å². The zero-order valence-electron chi connectivity index (χ0n) is 17.4. The molecule has 1 aromatic heterocycles. The topological polar surface area (TPSA) is 109 Å². The summed E-state index contributed by atoms with van der Waals surface area (Å²) in [7, 11) is 1.57. The van der Waals surface area contributed by atoms with Crippen LogP contribution in [0, 0.1) is 10.1 Å². The van der Waals surface area contributed by atoms with E-state index in [9.17, 15) is 19.7 Å². The number of fused-ring (bicyclic) bond motifs is 1. The first-order valence-corrected chi connectivity index (χ1v) is 9.79. The van der Waals surface area contributed by atoms with Crippen molar-refractivity contribution in [2.75, 3.05) is 7.11 Å². The van der Waals surface area contributed by atoms with Gasteiger partial charge in [0.2, 0.25) is 0 Å². The second kappa shape index (κ2) is 9.19. The summed E-state index contributed by atoms with van der Waals surface area (Å²) in [6.45, 7) is 0. The Kier molecular flexibility index (Phi) is 5.99. The standard InChI is InChI=1S/C25H17NO7/c1-31-19-8-6-17(7-9-19)24-15-22(27)21-14-20(10-11-23(21)33-24)32-25(28)12-5-16-3-2-4-18(13-16)26(29)30/h2-15H,1H3/b12-5+. The molecule has 0 saturated carbocycles. The van der Waals surface area contributed by atoms with Gasteiger partial charge in [0.25, 0.3) is 5.69 Å². The molecular formula is C25H17NO7. The average Bonchev–Trinajstić information content (AvgIpc) is 2.83. The molecule has 4 aromatic rings. The van der Waals surface area contributed by atoms with E-state index in [0.29, 0.717) is 22.7 Å². The zero-order chi connectivity index (χ0) is 23.4. The minimum Gasteiger partial charge on any atom is -0.497 e. The minimum absolute atomic E-state index is 0.0826. The number of hydrogen-bond donors (Lipinski definition) is 0. The third-order valence-electron chi connectivity index (χ3n) is 4.78. The number of non-ortho nitro benzene ring substituents is 1. The number of carbonyl (C=O) groups is 1. The molecule has 0 spiro atoms. The number of nitrogens with zero attached hydrogens (tertiary/aromatic N) is 1. The monoisotopic (exact) mass is 443 g/mol. The molecule has 8 nitrogen and oxygen atoms in total. The van der Waals surface area contributed by atoms with Crippen molar-refractivity contribution in [1.82, 2.24) is 0 Å². The van der Waals surface area contributed by atoms with Gasteiger partial charge in [0.15, 0.2) is 5.43 Å². The fourth-order valence-electron chi connectivity index (χ4n) is 3.15. The highest BCUT2D eigenvalue weighted by atomic mass is 16.6. The summed E-state index contributed by atoms with van der Waals surface area (Å²) in [5, 5.41) is 11.1. The summed E-state index contributed by atoms with van der Waals surface area (Å²) in [6.07, 6.45) is 2.56. The number of nitro benzene ring substituents is 1. The zero-order valence-corrected chi connectivity index (χ0v) is 17.4. The molecule has 0 saturated heterocycles. The van der Waals surface area contributed by atoms with Gasteiger partial charge in [0.1, 0.15) is 22.8 Å². The Morgan fingerprint density at radius 3 is 2.48 bits per heavy atom. The van der Waals surface area contributed by atoms with E-state index in [1.54, 1.807) is 43.5 Å². The van der Waals surface area contributed by atoms with Gasteiger partial charge in [0.05, 0.1) is 17.4 Å². The van der Waals surface area contributed by atoms with E-state index in [1.807, 2.05) is 0 Å². The van der Waals surface area contributed by atoms with Gasteiger partial charge in [0, 0.05) is 29.8 Å². The summed E-state index contributed by atoms with van der Waals surface area (Å²) in [6, 6.07) is 18.8. The number of nitro groups is 1. The van der Waals surface area contributed by atoms with Gasteiger partial charge in [-0.15, -0.1) is 0 Å². The van der Waals surface area contributed by atoms with Crippen molar-refractivity contribution in [3.05, 3.63) is 105 Å². The predicted octanol–water partition coefficient (Wildman–Crippen LogP) is 5.00. The van der Waals surface area contributed by atoms with Gasteiger partial charge in [-0.05, 0) is 54.1 Å². The summed E-state index contributed by atoms with van der Waals surface area (Å²) < 4.78 is 16.2. The van der Waals surface area contributed by atoms with E-state index in [1.165, 1.54) is 42.5 Å². The van der Waals surface area contributed by atoms with Crippen molar-refractivity contribution in [3.63, 3.8) is 0 Å². The third kappa shape index (κ3) is 4.96. The quantitative estimate of drug-likeness (QED) is 0.136. The summed E-state index contributed by atoms with van der Waals surface area (Å²) in [5.74, 6) is 0.563. The summed E-state index contributed by atoms with van der Waals surface area (Å²) >= 11 is 0. The lowest BCUT2D eigenvalue weighted by molar-refractivity contribution is -0.384. The molecule has 0 aliphatic heterocycles. The second-order valence-corrected chi connectivity index (χ2v) is 6.97. The summed E-state index contributed by atoms with van der Waals surface area (Å²) in [4.78, 5) is 35.1. The molecule has 0 aliphatic carbocycles. The highest BCUT2D eigenvalue weighted by Crippen LogP contribution is 2.26. The van der Waals surface area contributed by atoms with Crippen molar-refractivity contribution >= 4 is 28.7 Å². The predicted molar refractivity (Wildman–Crippen MR) is 122 cm³/mol. The molecule has 1 heterocycles. The minimum atomic E-state index is -0.694. The molecule has 0 radical (unpaired) electrons. The van der Waals surface area contributed by atoms with Crippen LogP contribution in [-0.2, 0) is 4.79 Å². The molecule has 3 aromatic carbocycles. The number of ether oxygens (including phenoxy) is 2. The number of methoxy groups -OCH3 is 1. The van der Waals surface area contributed by atoms with Crippen LogP contribution in [-0.4, -0.2) is 18.0 Å². The third-order valence-corrected chi connectivity index (χ3v) is 4.78. The lowest BCUT2D eigenvalue weighted by atomic mass is 10.1.